The number of fused-ring (bicyclic) bond motifs is 1. The zero-order valence-electron chi connectivity index (χ0n) is 24.6. The predicted molar refractivity (Wildman–Crippen MR) is 154 cm³/mol. The number of alkyl halides is 3. The molecule has 0 radical (unpaired) electrons. The van der Waals surface area contributed by atoms with E-state index < -0.39 is 23.9 Å². The van der Waals surface area contributed by atoms with Crippen LogP contribution in [0.15, 0.2) is 48.5 Å². The molecule has 0 unspecified atom stereocenters. The second-order valence-electron chi connectivity index (χ2n) is 12.5. The van der Waals surface area contributed by atoms with Crippen LogP contribution in [0.5, 0.6) is 5.75 Å². The van der Waals surface area contributed by atoms with Crippen LogP contribution in [0.4, 0.5) is 18.0 Å². The largest absolute Gasteiger partial charge is 0.496 e. The maximum Gasteiger partial charge on any atom is 0.416 e. The highest BCUT2D eigenvalue weighted by Gasteiger charge is 2.37. The van der Waals surface area contributed by atoms with E-state index in [9.17, 15) is 18.0 Å². The number of cyclic esters (lactones) is 1. The van der Waals surface area contributed by atoms with Gasteiger partial charge in [-0.2, -0.15) is 13.2 Å². The molecule has 7 heteroatoms. The molecule has 1 fully saturated rings. The number of methoxy groups -OCH3 is 1. The van der Waals surface area contributed by atoms with Gasteiger partial charge >= 0.3 is 12.3 Å². The Labute approximate surface area is 240 Å². The summed E-state index contributed by atoms with van der Waals surface area (Å²) in [5, 5.41) is 0. The molecular weight excluding hydrogens is 527 g/mol. The van der Waals surface area contributed by atoms with Crippen molar-refractivity contribution in [1.82, 2.24) is 4.90 Å². The molecule has 1 saturated heterocycles. The quantitative estimate of drug-likeness (QED) is 0.310. The monoisotopic (exact) mass is 565 g/mol. The van der Waals surface area contributed by atoms with E-state index in [0.29, 0.717) is 24.1 Å². The van der Waals surface area contributed by atoms with Crippen molar-refractivity contribution in [3.8, 4) is 16.9 Å². The normalized spacial score (nSPS) is 19.2. The topological polar surface area (TPSA) is 38.8 Å². The van der Waals surface area contributed by atoms with Gasteiger partial charge in [0.25, 0.3) is 0 Å². The maximum atomic E-state index is 13.5. The van der Waals surface area contributed by atoms with E-state index in [1.165, 1.54) is 16.7 Å². The SMILES string of the molecule is COc1ccc(C(C)(C)C)cc1-c1cc2c(cc1CN1C(=O)O[C@H](c3cc(C)cc(C(F)(F)F)c3)C[C@@H]1C)CCC2. The van der Waals surface area contributed by atoms with Crippen LogP contribution in [0.3, 0.4) is 0 Å². The van der Waals surface area contributed by atoms with E-state index in [4.69, 9.17) is 9.47 Å². The number of carbonyl (C=O) groups is 1. The van der Waals surface area contributed by atoms with E-state index in [0.717, 1.165) is 53.8 Å². The Morgan fingerprint density at radius 3 is 2.29 bits per heavy atom. The number of rotatable bonds is 5. The van der Waals surface area contributed by atoms with Gasteiger partial charge in [0.15, 0.2) is 0 Å². The summed E-state index contributed by atoms with van der Waals surface area (Å²) >= 11 is 0. The number of nitrogens with zero attached hydrogens (tertiary/aromatic N) is 1. The van der Waals surface area contributed by atoms with Crippen molar-refractivity contribution >= 4 is 6.09 Å². The molecule has 0 N–H and O–H groups in total. The van der Waals surface area contributed by atoms with Gasteiger partial charge in [0.05, 0.1) is 12.7 Å². The molecule has 3 aromatic rings. The van der Waals surface area contributed by atoms with Crippen molar-refractivity contribution in [2.75, 3.05) is 7.11 Å². The van der Waals surface area contributed by atoms with Gasteiger partial charge in [0, 0.05) is 24.6 Å². The minimum Gasteiger partial charge on any atom is -0.496 e. The van der Waals surface area contributed by atoms with Gasteiger partial charge in [0.2, 0.25) is 0 Å². The number of hydrogen-bond donors (Lipinski definition) is 0. The summed E-state index contributed by atoms with van der Waals surface area (Å²) in [7, 11) is 1.67. The molecule has 0 saturated carbocycles. The Kier molecular flexibility index (Phi) is 7.60. The van der Waals surface area contributed by atoms with Crippen LogP contribution in [-0.4, -0.2) is 24.1 Å². The first-order valence-electron chi connectivity index (χ1n) is 14.2. The molecule has 1 aliphatic carbocycles. The fraction of sp³-hybridized carbons (Fsp3) is 0.441. The molecule has 0 aromatic heterocycles. The van der Waals surface area contributed by atoms with Gasteiger partial charge < -0.3 is 14.4 Å². The van der Waals surface area contributed by atoms with Crippen LogP contribution < -0.4 is 4.74 Å². The van der Waals surface area contributed by atoms with E-state index >= 15 is 0 Å². The van der Waals surface area contributed by atoms with Gasteiger partial charge in [0.1, 0.15) is 11.9 Å². The minimum absolute atomic E-state index is 0.0557. The molecular formula is C34H38F3NO3. The highest BCUT2D eigenvalue weighted by Crippen LogP contribution is 2.41. The van der Waals surface area contributed by atoms with E-state index in [-0.39, 0.29) is 11.5 Å². The Hall–Kier alpha value is -3.48. The smallest absolute Gasteiger partial charge is 0.416 e. The fourth-order valence-corrected chi connectivity index (χ4v) is 6.07. The summed E-state index contributed by atoms with van der Waals surface area (Å²) in [5.74, 6) is 0.770. The lowest BCUT2D eigenvalue weighted by molar-refractivity contribution is -0.137. The molecule has 0 bridgehead atoms. The lowest BCUT2D eigenvalue weighted by Crippen LogP contribution is -2.44. The zero-order chi connectivity index (χ0) is 29.7. The molecule has 218 valence electrons. The van der Waals surface area contributed by atoms with Crippen molar-refractivity contribution in [2.24, 2.45) is 0 Å². The minimum atomic E-state index is -4.47. The molecule has 1 aliphatic heterocycles. The van der Waals surface area contributed by atoms with Crippen LogP contribution in [-0.2, 0) is 35.7 Å². The van der Waals surface area contributed by atoms with Crippen molar-refractivity contribution in [1.29, 1.82) is 0 Å². The van der Waals surface area contributed by atoms with Crippen LogP contribution in [0.2, 0.25) is 0 Å². The van der Waals surface area contributed by atoms with Gasteiger partial charge in [-0.15, -0.1) is 0 Å². The summed E-state index contributed by atoms with van der Waals surface area (Å²) in [6.07, 6.45) is -2.22. The van der Waals surface area contributed by atoms with E-state index in [2.05, 4.69) is 45.0 Å². The Balaban J connectivity index is 1.49. The third-order valence-corrected chi connectivity index (χ3v) is 8.38. The molecule has 2 aliphatic rings. The molecule has 3 aromatic carbocycles. The lowest BCUT2D eigenvalue weighted by atomic mass is 9.84. The Morgan fingerprint density at radius 1 is 0.951 bits per heavy atom. The molecule has 5 rings (SSSR count). The molecule has 1 heterocycles. The van der Waals surface area contributed by atoms with Crippen molar-refractivity contribution < 1.29 is 27.4 Å². The number of halogens is 3. The number of hydrogen-bond acceptors (Lipinski definition) is 3. The van der Waals surface area contributed by atoms with E-state index in [1.54, 1.807) is 25.0 Å². The number of benzene rings is 3. The first kappa shape index (κ1) is 29.0. The van der Waals surface area contributed by atoms with Crippen LogP contribution in [0.1, 0.15) is 85.6 Å². The number of ether oxygens (including phenoxy) is 2. The predicted octanol–water partition coefficient (Wildman–Crippen LogP) is 8.95. The highest BCUT2D eigenvalue weighted by atomic mass is 19.4. The fourth-order valence-electron chi connectivity index (χ4n) is 6.07. The first-order valence-corrected chi connectivity index (χ1v) is 14.2. The summed E-state index contributed by atoms with van der Waals surface area (Å²) in [4.78, 5) is 15.1. The first-order chi connectivity index (χ1) is 19.2. The molecule has 0 spiro atoms. The molecule has 1 amide bonds. The summed E-state index contributed by atoms with van der Waals surface area (Å²) in [6.45, 7) is 10.4. The molecule has 4 nitrogen and oxygen atoms in total. The third kappa shape index (κ3) is 5.95. The second-order valence-corrected chi connectivity index (χ2v) is 12.5. The second kappa shape index (κ2) is 10.7. The van der Waals surface area contributed by atoms with Gasteiger partial charge in [-0.1, -0.05) is 50.6 Å². The van der Waals surface area contributed by atoms with Crippen molar-refractivity contribution in [3.05, 3.63) is 87.5 Å². The number of amides is 1. The number of aryl methyl sites for hydroxylation is 3. The standard InChI is InChI=1S/C34H38F3NO3/c1-20-12-24(16-27(13-20)34(35,36)37)31-14-21(2)38(32(39)41-31)19-25-15-22-8-7-9-23(22)17-28(25)29-18-26(33(3,4)5)10-11-30(29)40-6/h10-13,15-18,21,31H,7-9,14,19H2,1-6H3/t21-,31-/m0/s1. The summed E-state index contributed by atoms with van der Waals surface area (Å²) in [6, 6.07) is 14.4. The zero-order valence-corrected chi connectivity index (χ0v) is 24.6. The lowest BCUT2D eigenvalue weighted by Gasteiger charge is -2.38. The summed E-state index contributed by atoms with van der Waals surface area (Å²) in [5.41, 5.74) is 6.90. The number of carbonyl (C=O) groups excluding carboxylic acids is 1. The van der Waals surface area contributed by atoms with Gasteiger partial charge in [-0.25, -0.2) is 4.79 Å². The average Bonchev–Trinajstić information content (AvgIpc) is 3.35. The van der Waals surface area contributed by atoms with Crippen molar-refractivity contribution in [3.63, 3.8) is 0 Å². The van der Waals surface area contributed by atoms with Crippen LogP contribution >= 0.6 is 0 Å². The summed E-state index contributed by atoms with van der Waals surface area (Å²) < 4.78 is 52.0. The van der Waals surface area contributed by atoms with E-state index in [1.807, 2.05) is 13.0 Å². The average molecular weight is 566 g/mol. The Morgan fingerprint density at radius 2 is 1.66 bits per heavy atom. The van der Waals surface area contributed by atoms with Gasteiger partial charge in [-0.3, -0.25) is 0 Å². The highest BCUT2D eigenvalue weighted by molar-refractivity contribution is 5.77. The molecule has 41 heavy (non-hydrogen) atoms. The van der Waals surface area contributed by atoms with Gasteiger partial charge in [-0.05, 0) is 96.2 Å². The third-order valence-electron chi connectivity index (χ3n) is 8.38. The molecule has 2 atom stereocenters. The Bertz CT molecular complexity index is 1470. The van der Waals surface area contributed by atoms with Crippen molar-refractivity contribution in [2.45, 2.75) is 90.6 Å². The van der Waals surface area contributed by atoms with Crippen LogP contribution in [0.25, 0.3) is 11.1 Å². The maximum absolute atomic E-state index is 13.5. The van der Waals surface area contributed by atoms with Crippen LogP contribution in [0, 0.1) is 6.92 Å².